The van der Waals surface area contributed by atoms with Crippen LogP contribution in [-0.4, -0.2) is 4.98 Å². The van der Waals surface area contributed by atoms with Gasteiger partial charge in [-0.25, -0.2) is 4.98 Å². The average molecular weight is 313 g/mol. The number of nitrogens with two attached hydrogens (primary N) is 1. The van der Waals surface area contributed by atoms with Gasteiger partial charge in [0.25, 0.3) is 0 Å². The minimum atomic E-state index is -0.264. The van der Waals surface area contributed by atoms with Crippen LogP contribution in [0.15, 0.2) is 18.2 Å². The van der Waals surface area contributed by atoms with Crippen LogP contribution >= 0.6 is 34.5 Å². The van der Waals surface area contributed by atoms with Crippen LogP contribution in [-0.2, 0) is 12.8 Å². The Bertz CT molecular complexity index is 586. The van der Waals surface area contributed by atoms with E-state index in [0.717, 1.165) is 23.4 Å². The molecule has 19 heavy (non-hydrogen) atoms. The van der Waals surface area contributed by atoms with E-state index in [1.807, 2.05) is 12.1 Å². The lowest BCUT2D eigenvalue weighted by Crippen LogP contribution is -2.12. The highest BCUT2D eigenvalue weighted by Crippen LogP contribution is 2.34. The summed E-state index contributed by atoms with van der Waals surface area (Å²) in [6, 6.07) is 5.16. The van der Waals surface area contributed by atoms with Gasteiger partial charge in [-0.15, -0.1) is 11.3 Å². The first kappa shape index (κ1) is 13.4. The minimum absolute atomic E-state index is 0.264. The molecule has 1 unspecified atom stereocenters. The summed E-state index contributed by atoms with van der Waals surface area (Å²) in [4.78, 5) is 6.08. The highest BCUT2D eigenvalue weighted by Gasteiger charge is 2.21. The van der Waals surface area contributed by atoms with Gasteiger partial charge in [0, 0.05) is 14.9 Å². The summed E-state index contributed by atoms with van der Waals surface area (Å²) in [7, 11) is 0. The van der Waals surface area contributed by atoms with Crippen molar-refractivity contribution in [1.29, 1.82) is 0 Å². The summed E-state index contributed by atoms with van der Waals surface area (Å²) in [5, 5.41) is 2.18. The number of aromatic nitrogens is 1. The van der Waals surface area contributed by atoms with Crippen LogP contribution in [0.5, 0.6) is 0 Å². The maximum atomic E-state index is 6.30. The largest absolute Gasteiger partial charge is 0.318 e. The quantitative estimate of drug-likeness (QED) is 0.894. The predicted octanol–water partition coefficient (Wildman–Crippen LogP) is 4.38. The third kappa shape index (κ3) is 2.65. The number of fused-ring (bicyclic) bond motifs is 1. The van der Waals surface area contributed by atoms with Crippen molar-refractivity contribution in [1.82, 2.24) is 4.98 Å². The standard InChI is InChI=1S/C14H14Cl2N2S/c15-8-5-6-9(10(16)7-8)13(17)14-18-11-3-1-2-4-12(11)19-14/h5-7,13H,1-4,17H2. The van der Waals surface area contributed by atoms with Crippen LogP contribution in [0.1, 0.15) is 40.0 Å². The first-order chi connectivity index (χ1) is 9.15. The van der Waals surface area contributed by atoms with Crippen molar-refractivity contribution >= 4 is 34.5 Å². The smallest absolute Gasteiger partial charge is 0.114 e. The highest BCUT2D eigenvalue weighted by atomic mass is 35.5. The molecule has 0 fully saturated rings. The Morgan fingerprint density at radius 3 is 2.74 bits per heavy atom. The van der Waals surface area contributed by atoms with Gasteiger partial charge in [0.05, 0.1) is 11.7 Å². The molecule has 2 aromatic rings. The van der Waals surface area contributed by atoms with Crippen molar-refractivity contribution in [3.05, 3.63) is 49.4 Å². The Morgan fingerprint density at radius 2 is 2.00 bits per heavy atom. The molecular formula is C14H14Cl2N2S. The van der Waals surface area contributed by atoms with E-state index in [2.05, 4.69) is 0 Å². The fourth-order valence-corrected chi connectivity index (χ4v) is 4.09. The van der Waals surface area contributed by atoms with E-state index in [4.69, 9.17) is 33.9 Å². The maximum absolute atomic E-state index is 6.30. The van der Waals surface area contributed by atoms with Gasteiger partial charge in [-0.2, -0.15) is 0 Å². The van der Waals surface area contributed by atoms with Crippen molar-refractivity contribution in [3.8, 4) is 0 Å². The van der Waals surface area contributed by atoms with Crippen LogP contribution in [0.4, 0.5) is 0 Å². The fraction of sp³-hybridized carbons (Fsp3) is 0.357. The molecule has 0 bridgehead atoms. The van der Waals surface area contributed by atoms with E-state index in [-0.39, 0.29) is 6.04 Å². The molecule has 0 aliphatic heterocycles. The summed E-state index contributed by atoms with van der Waals surface area (Å²) in [6.45, 7) is 0. The molecular weight excluding hydrogens is 299 g/mol. The predicted molar refractivity (Wildman–Crippen MR) is 81.2 cm³/mol. The van der Waals surface area contributed by atoms with Gasteiger partial charge >= 0.3 is 0 Å². The van der Waals surface area contributed by atoms with Crippen molar-refractivity contribution in [2.75, 3.05) is 0 Å². The first-order valence-electron chi connectivity index (χ1n) is 6.34. The van der Waals surface area contributed by atoms with E-state index in [9.17, 15) is 0 Å². The number of hydrogen-bond donors (Lipinski definition) is 1. The van der Waals surface area contributed by atoms with Gasteiger partial charge < -0.3 is 5.73 Å². The molecule has 1 heterocycles. The van der Waals surface area contributed by atoms with E-state index >= 15 is 0 Å². The molecule has 0 spiro atoms. The van der Waals surface area contributed by atoms with Crippen LogP contribution in [0.3, 0.4) is 0 Å². The lowest BCUT2D eigenvalue weighted by atomic mass is 10.0. The number of halogens is 2. The van der Waals surface area contributed by atoms with Crippen molar-refractivity contribution in [2.45, 2.75) is 31.7 Å². The molecule has 0 saturated carbocycles. The van der Waals surface area contributed by atoms with E-state index < -0.39 is 0 Å². The Hall–Kier alpha value is -0.610. The van der Waals surface area contributed by atoms with Crippen LogP contribution in [0.2, 0.25) is 10.0 Å². The molecule has 3 rings (SSSR count). The molecule has 1 aliphatic carbocycles. The third-order valence-corrected chi connectivity index (χ3v) is 5.23. The monoisotopic (exact) mass is 312 g/mol. The number of aryl methyl sites for hydroxylation is 2. The Balaban J connectivity index is 1.94. The molecule has 2 nitrogen and oxygen atoms in total. The zero-order valence-electron chi connectivity index (χ0n) is 10.3. The number of thiazole rings is 1. The zero-order chi connectivity index (χ0) is 13.4. The van der Waals surface area contributed by atoms with Crippen molar-refractivity contribution in [3.63, 3.8) is 0 Å². The molecule has 0 saturated heterocycles. The number of nitrogens with zero attached hydrogens (tertiary/aromatic N) is 1. The van der Waals surface area contributed by atoms with Gasteiger partial charge in [-0.1, -0.05) is 29.3 Å². The highest BCUT2D eigenvalue weighted by molar-refractivity contribution is 7.11. The lowest BCUT2D eigenvalue weighted by Gasteiger charge is -2.11. The molecule has 0 amide bonds. The molecule has 0 radical (unpaired) electrons. The summed E-state index contributed by atoms with van der Waals surface area (Å²) in [5.41, 5.74) is 8.41. The molecule has 5 heteroatoms. The van der Waals surface area contributed by atoms with Gasteiger partial charge in [-0.3, -0.25) is 0 Å². The van der Waals surface area contributed by atoms with Gasteiger partial charge in [0.1, 0.15) is 5.01 Å². The Morgan fingerprint density at radius 1 is 1.21 bits per heavy atom. The Labute approximate surface area is 126 Å². The summed E-state index contributed by atoms with van der Waals surface area (Å²) < 4.78 is 0. The summed E-state index contributed by atoms with van der Waals surface area (Å²) in [5.74, 6) is 0. The van der Waals surface area contributed by atoms with Crippen LogP contribution in [0, 0.1) is 0 Å². The van der Waals surface area contributed by atoms with Gasteiger partial charge in [-0.05, 0) is 43.4 Å². The fourth-order valence-electron chi connectivity index (χ4n) is 2.39. The van der Waals surface area contributed by atoms with Gasteiger partial charge in [0.15, 0.2) is 0 Å². The van der Waals surface area contributed by atoms with E-state index in [1.54, 1.807) is 17.4 Å². The second-order valence-corrected chi connectivity index (χ2v) is 6.73. The molecule has 1 aliphatic rings. The topological polar surface area (TPSA) is 38.9 Å². The third-order valence-electron chi connectivity index (χ3n) is 3.43. The van der Waals surface area contributed by atoms with Gasteiger partial charge in [0.2, 0.25) is 0 Å². The first-order valence-corrected chi connectivity index (χ1v) is 7.91. The SMILES string of the molecule is NC(c1nc2c(s1)CCCC2)c1ccc(Cl)cc1Cl. The van der Waals surface area contributed by atoms with E-state index in [0.29, 0.717) is 10.0 Å². The number of hydrogen-bond acceptors (Lipinski definition) is 3. The van der Waals surface area contributed by atoms with Crippen LogP contribution in [0.25, 0.3) is 0 Å². The maximum Gasteiger partial charge on any atom is 0.114 e. The second kappa shape index (κ2) is 5.41. The molecule has 100 valence electrons. The zero-order valence-corrected chi connectivity index (χ0v) is 12.7. The molecule has 1 atom stereocenters. The minimum Gasteiger partial charge on any atom is -0.318 e. The second-order valence-electron chi connectivity index (χ2n) is 4.77. The molecule has 1 aromatic carbocycles. The normalized spacial score (nSPS) is 16.2. The van der Waals surface area contributed by atoms with E-state index in [1.165, 1.54) is 23.4 Å². The number of benzene rings is 1. The van der Waals surface area contributed by atoms with Crippen LogP contribution < -0.4 is 5.73 Å². The van der Waals surface area contributed by atoms with Crippen molar-refractivity contribution in [2.24, 2.45) is 5.73 Å². The summed E-state index contributed by atoms with van der Waals surface area (Å²) in [6.07, 6.45) is 4.69. The molecule has 1 aromatic heterocycles. The lowest BCUT2D eigenvalue weighted by molar-refractivity contribution is 0.678. The molecule has 2 N–H and O–H groups in total. The number of rotatable bonds is 2. The summed E-state index contributed by atoms with van der Waals surface area (Å²) >= 11 is 13.8. The average Bonchev–Trinajstić information content (AvgIpc) is 2.81. The van der Waals surface area contributed by atoms with Crippen molar-refractivity contribution < 1.29 is 0 Å². The Kier molecular flexibility index (Phi) is 3.81.